The van der Waals surface area contributed by atoms with Crippen molar-refractivity contribution in [2.75, 3.05) is 11.9 Å². The van der Waals surface area contributed by atoms with Gasteiger partial charge in [-0.1, -0.05) is 19.9 Å². The molecule has 1 aromatic heterocycles. The molecule has 0 spiro atoms. The monoisotopic (exact) mass is 178 g/mol. The van der Waals surface area contributed by atoms with Gasteiger partial charge in [0.05, 0.1) is 6.42 Å². The summed E-state index contributed by atoms with van der Waals surface area (Å²) in [5.41, 5.74) is 1.03. The average molecular weight is 178 g/mol. The van der Waals surface area contributed by atoms with Gasteiger partial charge in [0.2, 0.25) is 5.91 Å². The summed E-state index contributed by atoms with van der Waals surface area (Å²) in [7, 11) is 1.75. The Morgan fingerprint density at radius 3 is 2.77 bits per heavy atom. The second-order valence-electron chi connectivity index (χ2n) is 2.62. The lowest BCUT2D eigenvalue weighted by Crippen LogP contribution is -2.21. The van der Waals surface area contributed by atoms with Crippen LogP contribution in [0.1, 0.15) is 19.4 Å². The minimum Gasteiger partial charge on any atom is -0.299 e. The van der Waals surface area contributed by atoms with E-state index in [9.17, 15) is 4.79 Å². The maximum Gasteiger partial charge on any atom is 0.232 e. The molecule has 0 unspecified atom stereocenters. The van der Waals surface area contributed by atoms with Crippen LogP contribution in [0.15, 0.2) is 18.3 Å². The van der Waals surface area contributed by atoms with Crippen molar-refractivity contribution < 1.29 is 4.79 Å². The largest absolute Gasteiger partial charge is 0.299 e. The zero-order valence-corrected chi connectivity index (χ0v) is 8.24. The topological polar surface area (TPSA) is 33.2 Å². The van der Waals surface area contributed by atoms with E-state index in [1.807, 2.05) is 26.0 Å². The van der Waals surface area contributed by atoms with Crippen molar-refractivity contribution in [1.29, 1.82) is 0 Å². The molecule has 0 bridgehead atoms. The van der Waals surface area contributed by atoms with Gasteiger partial charge in [0.15, 0.2) is 0 Å². The van der Waals surface area contributed by atoms with E-state index in [4.69, 9.17) is 0 Å². The highest BCUT2D eigenvalue weighted by molar-refractivity contribution is 5.99. The lowest BCUT2D eigenvalue weighted by molar-refractivity contribution is -0.117. The molecule has 1 amide bonds. The molecule has 1 aromatic rings. The zero-order chi connectivity index (χ0) is 9.84. The number of nitrogens with zero attached hydrogens (tertiary/aromatic N) is 2. The van der Waals surface area contributed by atoms with Crippen molar-refractivity contribution in [3.8, 4) is 0 Å². The lowest BCUT2D eigenvalue weighted by Gasteiger charge is -2.06. The SMILES string of the molecule is CC.CN1C(=O)Cc2cccnc21. The molecule has 13 heavy (non-hydrogen) atoms. The third-order valence-corrected chi connectivity index (χ3v) is 1.90. The summed E-state index contributed by atoms with van der Waals surface area (Å²) in [4.78, 5) is 16.8. The molecule has 2 rings (SSSR count). The van der Waals surface area contributed by atoms with E-state index in [0.29, 0.717) is 6.42 Å². The molecular weight excluding hydrogens is 164 g/mol. The van der Waals surface area contributed by atoms with Crippen molar-refractivity contribution in [1.82, 2.24) is 4.98 Å². The van der Waals surface area contributed by atoms with Gasteiger partial charge in [-0.15, -0.1) is 0 Å². The number of rotatable bonds is 0. The van der Waals surface area contributed by atoms with Gasteiger partial charge in [0.1, 0.15) is 5.82 Å². The van der Waals surface area contributed by atoms with Crippen LogP contribution >= 0.6 is 0 Å². The third kappa shape index (κ3) is 1.69. The van der Waals surface area contributed by atoms with E-state index in [0.717, 1.165) is 11.4 Å². The van der Waals surface area contributed by atoms with Crippen molar-refractivity contribution in [3.63, 3.8) is 0 Å². The summed E-state index contributed by atoms with van der Waals surface area (Å²) in [6.45, 7) is 4.00. The van der Waals surface area contributed by atoms with Crippen LogP contribution in [-0.4, -0.2) is 17.9 Å². The first-order valence-electron chi connectivity index (χ1n) is 4.49. The van der Waals surface area contributed by atoms with Crippen LogP contribution in [0.5, 0.6) is 0 Å². The van der Waals surface area contributed by atoms with E-state index < -0.39 is 0 Å². The quantitative estimate of drug-likeness (QED) is 0.605. The molecule has 1 aliphatic heterocycles. The Hall–Kier alpha value is -1.38. The molecule has 0 fully saturated rings. The highest BCUT2D eigenvalue weighted by Gasteiger charge is 2.23. The van der Waals surface area contributed by atoms with E-state index in [1.54, 1.807) is 18.1 Å². The number of fused-ring (bicyclic) bond motifs is 1. The van der Waals surface area contributed by atoms with Crippen molar-refractivity contribution in [2.24, 2.45) is 0 Å². The minimum absolute atomic E-state index is 0.124. The summed E-state index contributed by atoms with van der Waals surface area (Å²) in [6, 6.07) is 3.79. The first kappa shape index (κ1) is 9.71. The van der Waals surface area contributed by atoms with Crippen LogP contribution in [0.4, 0.5) is 5.82 Å². The molecule has 0 aliphatic carbocycles. The summed E-state index contributed by atoms with van der Waals surface area (Å²) < 4.78 is 0. The number of carbonyl (C=O) groups excluding carboxylic acids is 1. The van der Waals surface area contributed by atoms with Crippen LogP contribution < -0.4 is 4.90 Å². The molecule has 0 aromatic carbocycles. The zero-order valence-electron chi connectivity index (χ0n) is 8.24. The second-order valence-corrected chi connectivity index (χ2v) is 2.62. The number of hydrogen-bond acceptors (Lipinski definition) is 2. The molecule has 70 valence electrons. The van der Waals surface area contributed by atoms with Crippen LogP contribution in [0.2, 0.25) is 0 Å². The highest BCUT2D eigenvalue weighted by atomic mass is 16.2. The Balaban J connectivity index is 0.000000396. The van der Waals surface area contributed by atoms with Crippen molar-refractivity contribution in [3.05, 3.63) is 23.9 Å². The maximum absolute atomic E-state index is 11.1. The Labute approximate surface area is 78.4 Å². The summed E-state index contributed by atoms with van der Waals surface area (Å²) in [5, 5.41) is 0. The third-order valence-electron chi connectivity index (χ3n) is 1.90. The van der Waals surface area contributed by atoms with E-state index >= 15 is 0 Å². The first-order chi connectivity index (χ1) is 6.29. The number of pyridine rings is 1. The van der Waals surface area contributed by atoms with Crippen LogP contribution in [0, 0.1) is 0 Å². The minimum atomic E-state index is 0.124. The van der Waals surface area contributed by atoms with E-state index in [2.05, 4.69) is 4.98 Å². The Bertz CT molecular complexity index is 310. The number of aromatic nitrogens is 1. The molecule has 2 heterocycles. The fourth-order valence-electron chi connectivity index (χ4n) is 1.27. The number of carbonyl (C=O) groups is 1. The van der Waals surface area contributed by atoms with Gasteiger partial charge in [-0.05, 0) is 6.07 Å². The molecule has 3 heteroatoms. The van der Waals surface area contributed by atoms with Gasteiger partial charge in [-0.25, -0.2) is 4.98 Å². The second kappa shape index (κ2) is 4.03. The number of amides is 1. The standard InChI is InChI=1S/C8H8N2O.C2H6/c1-10-7(11)5-6-3-2-4-9-8(6)10;1-2/h2-4H,5H2,1H3;1-2H3. The molecule has 3 nitrogen and oxygen atoms in total. The molecule has 0 radical (unpaired) electrons. The summed E-state index contributed by atoms with van der Waals surface area (Å²) in [6.07, 6.45) is 2.20. The van der Waals surface area contributed by atoms with Gasteiger partial charge >= 0.3 is 0 Å². The van der Waals surface area contributed by atoms with Crippen molar-refractivity contribution >= 4 is 11.7 Å². The van der Waals surface area contributed by atoms with Crippen molar-refractivity contribution in [2.45, 2.75) is 20.3 Å². The number of likely N-dealkylation sites (N-methyl/N-ethyl adjacent to an activating group) is 1. The first-order valence-corrected chi connectivity index (χ1v) is 4.49. The van der Waals surface area contributed by atoms with Crippen LogP contribution in [-0.2, 0) is 11.2 Å². The average Bonchev–Trinajstić information content (AvgIpc) is 2.47. The molecule has 0 saturated heterocycles. The molecule has 1 aliphatic rings. The summed E-state index contributed by atoms with van der Waals surface area (Å²) >= 11 is 0. The fraction of sp³-hybridized carbons (Fsp3) is 0.400. The number of anilines is 1. The lowest BCUT2D eigenvalue weighted by atomic mass is 10.2. The molecular formula is C10H14N2O. The molecule has 0 saturated carbocycles. The Kier molecular flexibility index (Phi) is 3.01. The van der Waals surface area contributed by atoms with Gasteiger partial charge in [-0.2, -0.15) is 0 Å². The van der Waals surface area contributed by atoms with Gasteiger partial charge in [0, 0.05) is 18.8 Å². The van der Waals surface area contributed by atoms with Gasteiger partial charge in [0.25, 0.3) is 0 Å². The fourth-order valence-corrected chi connectivity index (χ4v) is 1.27. The predicted octanol–water partition coefficient (Wildman–Crippen LogP) is 1.63. The predicted molar refractivity (Wildman–Crippen MR) is 52.7 cm³/mol. The Morgan fingerprint density at radius 2 is 2.15 bits per heavy atom. The maximum atomic E-state index is 11.1. The smallest absolute Gasteiger partial charge is 0.232 e. The van der Waals surface area contributed by atoms with Gasteiger partial charge in [-0.3, -0.25) is 9.69 Å². The normalized spacial score (nSPS) is 13.5. The van der Waals surface area contributed by atoms with Crippen LogP contribution in [0.25, 0.3) is 0 Å². The highest BCUT2D eigenvalue weighted by Crippen LogP contribution is 2.23. The molecule has 0 atom stereocenters. The Morgan fingerprint density at radius 1 is 1.46 bits per heavy atom. The van der Waals surface area contributed by atoms with Crippen LogP contribution in [0.3, 0.4) is 0 Å². The van der Waals surface area contributed by atoms with E-state index in [1.165, 1.54) is 0 Å². The number of hydrogen-bond donors (Lipinski definition) is 0. The molecule has 0 N–H and O–H groups in total. The van der Waals surface area contributed by atoms with E-state index in [-0.39, 0.29) is 5.91 Å². The summed E-state index contributed by atoms with van der Waals surface area (Å²) in [5.74, 6) is 0.927. The van der Waals surface area contributed by atoms with Gasteiger partial charge < -0.3 is 0 Å².